The molecule has 0 saturated carbocycles. The fourth-order valence-electron chi connectivity index (χ4n) is 1.34. The summed E-state index contributed by atoms with van der Waals surface area (Å²) >= 11 is 5.66. The molecule has 0 amide bonds. The first-order valence-corrected chi connectivity index (χ1v) is 4.73. The van der Waals surface area contributed by atoms with E-state index in [0.29, 0.717) is 5.56 Å². The van der Waals surface area contributed by atoms with Gasteiger partial charge in [-0.25, -0.2) is 4.39 Å². The van der Waals surface area contributed by atoms with Gasteiger partial charge in [0.05, 0.1) is 11.6 Å². The van der Waals surface area contributed by atoms with Crippen molar-refractivity contribution in [2.24, 2.45) is 5.73 Å². The van der Waals surface area contributed by atoms with Gasteiger partial charge in [-0.05, 0) is 12.1 Å². The number of nitrogens with two attached hydrogens (primary N) is 1. The lowest BCUT2D eigenvalue weighted by atomic mass is 10.1. The van der Waals surface area contributed by atoms with Crippen LogP contribution in [0.4, 0.5) is 4.39 Å². The Morgan fingerprint density at radius 1 is 1.40 bits per heavy atom. The molecule has 0 radical (unpaired) electrons. The Bertz CT molecular complexity index is 334. The highest BCUT2D eigenvalue weighted by Crippen LogP contribution is 2.28. The lowest BCUT2D eigenvalue weighted by Gasteiger charge is -2.29. The summed E-state index contributed by atoms with van der Waals surface area (Å²) < 4.78 is 23.3. The average molecular weight is 234 g/mol. The standard InChI is InChI=1S/C10H13ClFNO2/c1-14-10(6-13,15-2)7-3-4-9(12)8(11)5-7/h3-5H,6,13H2,1-2H3. The van der Waals surface area contributed by atoms with Gasteiger partial charge in [-0.2, -0.15) is 0 Å². The van der Waals surface area contributed by atoms with Crippen molar-refractivity contribution >= 4 is 11.6 Å². The molecule has 0 spiro atoms. The Hall–Kier alpha value is -0.680. The normalized spacial score (nSPS) is 11.8. The number of methoxy groups -OCH3 is 2. The van der Waals surface area contributed by atoms with Crippen molar-refractivity contribution in [3.05, 3.63) is 34.6 Å². The van der Waals surface area contributed by atoms with Crippen LogP contribution in [0.3, 0.4) is 0 Å². The monoisotopic (exact) mass is 233 g/mol. The van der Waals surface area contributed by atoms with Gasteiger partial charge in [0.1, 0.15) is 5.82 Å². The summed E-state index contributed by atoms with van der Waals surface area (Å²) in [6.45, 7) is 0.113. The van der Waals surface area contributed by atoms with E-state index in [2.05, 4.69) is 0 Å². The minimum Gasteiger partial charge on any atom is -0.348 e. The van der Waals surface area contributed by atoms with Crippen LogP contribution in [0.1, 0.15) is 5.56 Å². The largest absolute Gasteiger partial charge is 0.348 e. The molecule has 1 rings (SSSR count). The predicted molar refractivity (Wildman–Crippen MR) is 56.2 cm³/mol. The molecule has 0 fully saturated rings. The van der Waals surface area contributed by atoms with Crippen LogP contribution in [-0.4, -0.2) is 20.8 Å². The molecule has 2 N–H and O–H groups in total. The van der Waals surface area contributed by atoms with E-state index in [0.717, 1.165) is 0 Å². The van der Waals surface area contributed by atoms with E-state index in [-0.39, 0.29) is 11.6 Å². The van der Waals surface area contributed by atoms with Gasteiger partial charge in [0, 0.05) is 19.8 Å². The van der Waals surface area contributed by atoms with E-state index in [4.69, 9.17) is 26.8 Å². The van der Waals surface area contributed by atoms with Crippen molar-refractivity contribution in [2.45, 2.75) is 5.79 Å². The Kier molecular flexibility index (Phi) is 4.04. The zero-order valence-corrected chi connectivity index (χ0v) is 9.34. The van der Waals surface area contributed by atoms with Crippen LogP contribution < -0.4 is 5.73 Å². The summed E-state index contributed by atoms with van der Waals surface area (Å²) in [7, 11) is 2.93. The second kappa shape index (κ2) is 4.90. The zero-order chi connectivity index (χ0) is 11.5. The van der Waals surface area contributed by atoms with Crippen LogP contribution >= 0.6 is 11.6 Å². The number of ether oxygens (including phenoxy) is 2. The van der Waals surface area contributed by atoms with Crippen LogP contribution in [-0.2, 0) is 15.3 Å². The highest BCUT2D eigenvalue weighted by Gasteiger charge is 2.30. The predicted octanol–water partition coefficient (Wildman–Crippen LogP) is 1.88. The first-order valence-electron chi connectivity index (χ1n) is 4.35. The molecule has 15 heavy (non-hydrogen) atoms. The third-order valence-corrected chi connectivity index (χ3v) is 2.58. The van der Waals surface area contributed by atoms with Crippen molar-refractivity contribution in [1.82, 2.24) is 0 Å². The molecule has 3 nitrogen and oxygen atoms in total. The SMILES string of the molecule is COC(CN)(OC)c1ccc(F)c(Cl)c1. The second-order valence-corrected chi connectivity index (χ2v) is 3.40. The van der Waals surface area contributed by atoms with Crippen LogP contribution in [0.2, 0.25) is 5.02 Å². The molecule has 1 aromatic carbocycles. The van der Waals surface area contributed by atoms with Gasteiger partial charge >= 0.3 is 0 Å². The zero-order valence-electron chi connectivity index (χ0n) is 8.59. The Balaban J connectivity index is 3.17. The fourth-order valence-corrected chi connectivity index (χ4v) is 1.52. The van der Waals surface area contributed by atoms with Gasteiger partial charge in [0.2, 0.25) is 5.79 Å². The first-order chi connectivity index (χ1) is 7.09. The highest BCUT2D eigenvalue weighted by molar-refractivity contribution is 6.30. The maximum atomic E-state index is 13.0. The van der Waals surface area contributed by atoms with E-state index in [9.17, 15) is 4.39 Å². The van der Waals surface area contributed by atoms with Crippen molar-refractivity contribution in [3.8, 4) is 0 Å². The summed E-state index contributed by atoms with van der Waals surface area (Å²) in [5, 5.41) is 0.0134. The number of hydrogen-bond acceptors (Lipinski definition) is 3. The number of hydrogen-bond donors (Lipinski definition) is 1. The smallest absolute Gasteiger partial charge is 0.207 e. The highest BCUT2D eigenvalue weighted by atomic mass is 35.5. The lowest BCUT2D eigenvalue weighted by Crippen LogP contribution is -2.38. The number of benzene rings is 1. The summed E-state index contributed by atoms with van der Waals surface area (Å²) in [6.07, 6.45) is 0. The van der Waals surface area contributed by atoms with Gasteiger partial charge < -0.3 is 15.2 Å². The van der Waals surface area contributed by atoms with E-state index in [1.165, 1.54) is 32.4 Å². The fraction of sp³-hybridized carbons (Fsp3) is 0.400. The van der Waals surface area contributed by atoms with Crippen molar-refractivity contribution in [2.75, 3.05) is 20.8 Å². The molecule has 0 heterocycles. The van der Waals surface area contributed by atoms with Gasteiger partial charge in [-0.1, -0.05) is 17.7 Å². The molecular formula is C10H13ClFNO2. The number of rotatable bonds is 4. The topological polar surface area (TPSA) is 44.5 Å². The average Bonchev–Trinajstić information content (AvgIpc) is 2.26. The third-order valence-electron chi connectivity index (χ3n) is 2.29. The van der Waals surface area contributed by atoms with Gasteiger partial charge in [0.25, 0.3) is 0 Å². The van der Waals surface area contributed by atoms with Crippen LogP contribution in [0, 0.1) is 5.82 Å². The Labute approximate surface area is 92.9 Å². The lowest BCUT2D eigenvalue weighted by molar-refractivity contribution is -0.207. The minimum absolute atomic E-state index is 0.0134. The summed E-state index contributed by atoms with van der Waals surface area (Å²) in [5.41, 5.74) is 6.15. The molecule has 0 unspecified atom stereocenters. The third kappa shape index (κ3) is 2.29. The molecule has 0 aliphatic carbocycles. The van der Waals surface area contributed by atoms with Crippen molar-refractivity contribution in [3.63, 3.8) is 0 Å². The van der Waals surface area contributed by atoms with Gasteiger partial charge in [-0.15, -0.1) is 0 Å². The van der Waals surface area contributed by atoms with E-state index in [1.807, 2.05) is 0 Å². The van der Waals surface area contributed by atoms with Crippen molar-refractivity contribution < 1.29 is 13.9 Å². The molecule has 0 saturated heterocycles. The van der Waals surface area contributed by atoms with E-state index in [1.54, 1.807) is 0 Å². The Morgan fingerprint density at radius 2 is 2.00 bits per heavy atom. The van der Waals surface area contributed by atoms with E-state index >= 15 is 0 Å². The Morgan fingerprint density at radius 3 is 2.40 bits per heavy atom. The second-order valence-electron chi connectivity index (χ2n) is 2.99. The molecular weight excluding hydrogens is 221 g/mol. The first kappa shape index (κ1) is 12.4. The maximum absolute atomic E-state index is 13.0. The van der Waals surface area contributed by atoms with E-state index < -0.39 is 11.6 Å². The molecule has 0 bridgehead atoms. The summed E-state index contributed by atoms with van der Waals surface area (Å²) in [5.74, 6) is -1.56. The molecule has 0 atom stereocenters. The molecule has 0 aliphatic heterocycles. The van der Waals surface area contributed by atoms with Crippen LogP contribution in [0.15, 0.2) is 18.2 Å². The van der Waals surface area contributed by atoms with Gasteiger partial charge in [0.15, 0.2) is 0 Å². The summed E-state index contributed by atoms with van der Waals surface area (Å²) in [4.78, 5) is 0. The quantitative estimate of drug-likeness (QED) is 0.808. The minimum atomic E-state index is -1.07. The van der Waals surface area contributed by atoms with Crippen LogP contribution in [0.25, 0.3) is 0 Å². The molecule has 0 aromatic heterocycles. The molecule has 5 heteroatoms. The maximum Gasteiger partial charge on any atom is 0.207 e. The summed E-state index contributed by atoms with van der Waals surface area (Å²) in [6, 6.07) is 4.22. The molecule has 0 aliphatic rings. The van der Waals surface area contributed by atoms with Crippen molar-refractivity contribution in [1.29, 1.82) is 0 Å². The molecule has 1 aromatic rings. The van der Waals surface area contributed by atoms with Crippen LogP contribution in [0.5, 0.6) is 0 Å². The number of halogens is 2. The van der Waals surface area contributed by atoms with Gasteiger partial charge in [-0.3, -0.25) is 0 Å². The molecule has 84 valence electrons.